The van der Waals surface area contributed by atoms with Crippen LogP contribution in [0.1, 0.15) is 23.8 Å². The number of anilines is 1. The van der Waals surface area contributed by atoms with Gasteiger partial charge in [0.2, 0.25) is 5.91 Å². The summed E-state index contributed by atoms with van der Waals surface area (Å²) >= 11 is 0. The van der Waals surface area contributed by atoms with E-state index in [1.54, 1.807) is 6.92 Å². The molecule has 11 nitrogen and oxygen atoms in total. The van der Waals surface area contributed by atoms with Crippen molar-refractivity contribution in [1.29, 1.82) is 0 Å². The quantitative estimate of drug-likeness (QED) is 0.546. The van der Waals surface area contributed by atoms with Crippen LogP contribution >= 0.6 is 0 Å². The molecule has 0 aliphatic heterocycles. The summed E-state index contributed by atoms with van der Waals surface area (Å²) in [5.41, 5.74) is 5.63. The maximum atomic E-state index is 11.9. The third-order valence-corrected chi connectivity index (χ3v) is 3.03. The lowest BCUT2D eigenvalue weighted by Crippen LogP contribution is -2.21. The van der Waals surface area contributed by atoms with Crippen molar-refractivity contribution in [1.82, 2.24) is 19.6 Å². The average molecular weight is 321 g/mol. The Bertz CT molecular complexity index is 748. The van der Waals surface area contributed by atoms with E-state index in [0.29, 0.717) is 6.54 Å². The molecule has 3 N–H and O–H groups in total. The predicted molar refractivity (Wildman–Crippen MR) is 78.5 cm³/mol. The summed E-state index contributed by atoms with van der Waals surface area (Å²) < 4.78 is 2.68. The van der Waals surface area contributed by atoms with Gasteiger partial charge in [-0.15, -0.1) is 0 Å². The van der Waals surface area contributed by atoms with Crippen LogP contribution in [-0.4, -0.2) is 36.3 Å². The van der Waals surface area contributed by atoms with Crippen LogP contribution in [0, 0.1) is 10.1 Å². The fourth-order valence-corrected chi connectivity index (χ4v) is 1.98. The Morgan fingerprint density at radius 2 is 2.22 bits per heavy atom. The van der Waals surface area contributed by atoms with Crippen molar-refractivity contribution in [3.8, 4) is 0 Å². The van der Waals surface area contributed by atoms with Crippen molar-refractivity contribution in [3.05, 3.63) is 34.3 Å². The Morgan fingerprint density at radius 1 is 1.48 bits per heavy atom. The first kappa shape index (κ1) is 16.1. The normalized spacial score (nSPS) is 10.5. The van der Waals surface area contributed by atoms with Gasteiger partial charge in [-0.3, -0.25) is 14.3 Å². The molecule has 11 heteroatoms. The highest BCUT2D eigenvalue weighted by Gasteiger charge is 2.17. The van der Waals surface area contributed by atoms with Gasteiger partial charge in [0.05, 0.1) is 35.8 Å². The molecular weight excluding hydrogens is 306 g/mol. The molecule has 0 fully saturated rings. The standard InChI is InChI=1S/C12H15N7O4/c1-2-18-11(12(13)21)8(7-14-18)15-10(20)4-6-17-5-3-9(16-17)19(22)23/h3,5,7H,2,4,6H2,1H3,(H2,13,21)(H,15,20). The molecule has 0 saturated heterocycles. The van der Waals surface area contributed by atoms with Gasteiger partial charge in [0.15, 0.2) is 0 Å². The van der Waals surface area contributed by atoms with Crippen LogP contribution in [0.5, 0.6) is 0 Å². The summed E-state index contributed by atoms with van der Waals surface area (Å²) in [5, 5.41) is 20.7. The lowest BCUT2D eigenvalue weighted by Gasteiger charge is -2.05. The molecule has 0 aromatic carbocycles. The second-order valence-corrected chi connectivity index (χ2v) is 4.58. The first-order chi connectivity index (χ1) is 10.9. The number of primary amides is 1. The van der Waals surface area contributed by atoms with Crippen LogP contribution < -0.4 is 11.1 Å². The maximum Gasteiger partial charge on any atom is 0.389 e. The molecule has 23 heavy (non-hydrogen) atoms. The summed E-state index contributed by atoms with van der Waals surface area (Å²) in [6, 6.07) is 1.24. The molecule has 2 aromatic heterocycles. The van der Waals surface area contributed by atoms with Crippen LogP contribution in [0.15, 0.2) is 18.5 Å². The molecule has 2 amide bonds. The number of nitrogens with one attached hydrogen (secondary N) is 1. The number of nitrogens with two attached hydrogens (primary N) is 1. The van der Waals surface area contributed by atoms with E-state index in [1.165, 1.54) is 27.8 Å². The molecule has 122 valence electrons. The number of rotatable bonds is 7. The number of aromatic nitrogens is 4. The Labute approximate surface area is 130 Å². The largest absolute Gasteiger partial charge is 0.389 e. The molecule has 0 spiro atoms. The second-order valence-electron chi connectivity index (χ2n) is 4.58. The number of aryl methyl sites for hydroxylation is 2. The molecule has 2 aromatic rings. The Kier molecular flexibility index (Phi) is 4.69. The van der Waals surface area contributed by atoms with E-state index in [1.807, 2.05) is 0 Å². The fourth-order valence-electron chi connectivity index (χ4n) is 1.98. The van der Waals surface area contributed by atoms with E-state index in [9.17, 15) is 19.7 Å². The van der Waals surface area contributed by atoms with Crippen molar-refractivity contribution < 1.29 is 14.5 Å². The van der Waals surface area contributed by atoms with Crippen molar-refractivity contribution in [2.24, 2.45) is 5.73 Å². The molecule has 2 heterocycles. The molecule has 2 rings (SSSR count). The molecule has 0 atom stereocenters. The zero-order chi connectivity index (χ0) is 17.0. The topological polar surface area (TPSA) is 151 Å². The van der Waals surface area contributed by atoms with E-state index in [0.717, 1.165) is 0 Å². The predicted octanol–water partition coefficient (Wildman–Crippen LogP) is 0.135. The summed E-state index contributed by atoms with van der Waals surface area (Å²) in [6.45, 7) is 2.38. The first-order valence-corrected chi connectivity index (χ1v) is 6.75. The van der Waals surface area contributed by atoms with Gasteiger partial charge in [0, 0.05) is 13.0 Å². The van der Waals surface area contributed by atoms with E-state index in [-0.39, 0.29) is 36.1 Å². The fraction of sp³-hybridized carbons (Fsp3) is 0.333. The molecule has 0 aliphatic rings. The zero-order valence-corrected chi connectivity index (χ0v) is 12.3. The van der Waals surface area contributed by atoms with Gasteiger partial charge >= 0.3 is 5.82 Å². The minimum absolute atomic E-state index is 0.0222. The Hall–Kier alpha value is -3.24. The summed E-state index contributed by atoms with van der Waals surface area (Å²) in [5.74, 6) is -1.37. The van der Waals surface area contributed by atoms with Gasteiger partial charge in [-0.25, -0.2) is 0 Å². The number of hydrogen-bond donors (Lipinski definition) is 2. The smallest absolute Gasteiger partial charge is 0.364 e. The van der Waals surface area contributed by atoms with Crippen LogP contribution in [0.2, 0.25) is 0 Å². The molecular formula is C12H15N7O4. The molecule has 0 unspecified atom stereocenters. The van der Waals surface area contributed by atoms with Crippen LogP contribution in [0.3, 0.4) is 0 Å². The average Bonchev–Trinajstić information content (AvgIpc) is 3.11. The summed E-state index contributed by atoms with van der Waals surface area (Å²) in [7, 11) is 0. The van der Waals surface area contributed by atoms with Gasteiger partial charge in [-0.1, -0.05) is 0 Å². The van der Waals surface area contributed by atoms with Gasteiger partial charge in [-0.2, -0.15) is 9.78 Å². The summed E-state index contributed by atoms with van der Waals surface area (Å²) in [6.07, 6.45) is 2.78. The molecule has 0 bridgehead atoms. The number of carbonyl (C=O) groups excluding carboxylic acids is 2. The number of carbonyl (C=O) groups is 2. The van der Waals surface area contributed by atoms with Crippen LogP contribution in [0.25, 0.3) is 0 Å². The minimum Gasteiger partial charge on any atom is -0.364 e. The second kappa shape index (κ2) is 6.68. The van der Waals surface area contributed by atoms with Crippen LogP contribution in [-0.2, 0) is 17.9 Å². The van der Waals surface area contributed by atoms with E-state index in [4.69, 9.17) is 5.73 Å². The van der Waals surface area contributed by atoms with Crippen molar-refractivity contribution in [2.45, 2.75) is 26.4 Å². The number of amides is 2. The lowest BCUT2D eigenvalue weighted by molar-refractivity contribution is -0.389. The highest BCUT2D eigenvalue weighted by molar-refractivity contribution is 6.01. The maximum absolute atomic E-state index is 11.9. The van der Waals surface area contributed by atoms with Gasteiger partial charge in [-0.05, 0) is 11.8 Å². The Balaban J connectivity index is 1.98. The Morgan fingerprint density at radius 3 is 2.78 bits per heavy atom. The number of hydrogen-bond acceptors (Lipinski definition) is 6. The number of nitro groups is 1. The monoisotopic (exact) mass is 321 g/mol. The number of nitrogens with zero attached hydrogens (tertiary/aromatic N) is 5. The zero-order valence-electron chi connectivity index (χ0n) is 12.3. The third-order valence-electron chi connectivity index (χ3n) is 3.03. The van der Waals surface area contributed by atoms with Crippen molar-refractivity contribution in [2.75, 3.05) is 5.32 Å². The highest BCUT2D eigenvalue weighted by atomic mass is 16.6. The molecule has 0 aliphatic carbocycles. The van der Waals surface area contributed by atoms with Crippen LogP contribution in [0.4, 0.5) is 11.5 Å². The highest BCUT2D eigenvalue weighted by Crippen LogP contribution is 2.15. The third kappa shape index (κ3) is 3.70. The molecule has 0 saturated carbocycles. The summed E-state index contributed by atoms with van der Waals surface area (Å²) in [4.78, 5) is 33.3. The van der Waals surface area contributed by atoms with Gasteiger partial charge < -0.3 is 21.2 Å². The van der Waals surface area contributed by atoms with Crippen molar-refractivity contribution >= 4 is 23.3 Å². The van der Waals surface area contributed by atoms with Gasteiger partial charge in [0.25, 0.3) is 5.91 Å². The van der Waals surface area contributed by atoms with E-state index in [2.05, 4.69) is 15.5 Å². The SMILES string of the molecule is CCn1ncc(NC(=O)CCn2ccc([N+](=O)[O-])n2)c1C(N)=O. The van der Waals surface area contributed by atoms with Gasteiger partial charge in [0.1, 0.15) is 5.69 Å². The van der Waals surface area contributed by atoms with E-state index >= 15 is 0 Å². The van der Waals surface area contributed by atoms with E-state index < -0.39 is 10.8 Å². The lowest BCUT2D eigenvalue weighted by atomic mass is 10.3. The first-order valence-electron chi connectivity index (χ1n) is 6.75. The molecule has 0 radical (unpaired) electrons. The van der Waals surface area contributed by atoms with Crippen molar-refractivity contribution in [3.63, 3.8) is 0 Å². The minimum atomic E-state index is -0.692.